The Labute approximate surface area is 335 Å². The van der Waals surface area contributed by atoms with Crippen LogP contribution in [0.3, 0.4) is 0 Å². The molecule has 5 rings (SSSR count). The quantitative estimate of drug-likeness (QED) is 0.170. The number of para-hydroxylation sites is 1. The van der Waals surface area contributed by atoms with Gasteiger partial charge in [-0.05, 0) is 104 Å². The molecule has 0 aromatic heterocycles. The van der Waals surface area contributed by atoms with Crippen molar-refractivity contribution >= 4 is 41.5 Å². The van der Waals surface area contributed by atoms with Crippen LogP contribution in [0.4, 0.5) is 15.3 Å². The van der Waals surface area contributed by atoms with E-state index < -0.39 is 93.1 Å². The number of likely N-dealkylation sites (tertiary alicyclic amines) is 1. The molecule has 1 aromatic carbocycles. The van der Waals surface area contributed by atoms with Crippen molar-refractivity contribution in [3.63, 3.8) is 0 Å². The topological polar surface area (TPSA) is 184 Å². The number of carboxylic acids is 1. The zero-order chi connectivity index (χ0) is 42.1. The van der Waals surface area contributed by atoms with Crippen molar-refractivity contribution in [2.75, 3.05) is 25.2 Å². The number of aliphatic hydroxyl groups is 1. The van der Waals surface area contributed by atoms with E-state index in [1.807, 2.05) is 19.9 Å². The van der Waals surface area contributed by atoms with E-state index in [1.54, 1.807) is 66.7 Å². The van der Waals surface area contributed by atoms with Crippen LogP contribution in [-0.2, 0) is 34.2 Å². The number of carbonyl (C=O) groups excluding carboxylic acids is 3. The lowest BCUT2D eigenvalue weighted by Gasteiger charge is -2.64. The molecule has 2 heterocycles. The van der Waals surface area contributed by atoms with E-state index in [0.717, 1.165) is 6.54 Å². The summed E-state index contributed by atoms with van der Waals surface area (Å²) < 4.78 is 16.6. The molecular weight excluding hydrogens is 746 g/mol. The minimum absolute atomic E-state index is 0.00302. The van der Waals surface area contributed by atoms with Crippen molar-refractivity contribution in [2.45, 2.75) is 136 Å². The van der Waals surface area contributed by atoms with Crippen LogP contribution in [-0.4, -0.2) is 93.6 Å². The highest BCUT2D eigenvalue weighted by atomic mass is 35.5. The first-order chi connectivity index (χ1) is 25.8. The maximum atomic E-state index is 15.0. The Hall–Kier alpha value is -3.43. The number of esters is 1. The Balaban J connectivity index is 1.98. The van der Waals surface area contributed by atoms with Gasteiger partial charge in [-0.25, -0.2) is 24.0 Å². The summed E-state index contributed by atoms with van der Waals surface area (Å²) in [6.45, 7) is 19.6. The van der Waals surface area contributed by atoms with Gasteiger partial charge in [-0.3, -0.25) is 4.79 Å². The van der Waals surface area contributed by atoms with Crippen LogP contribution in [0.25, 0.3) is 0 Å². The summed E-state index contributed by atoms with van der Waals surface area (Å²) in [4.78, 5) is 63.4. The number of ether oxygens (including phenoxy) is 3. The lowest BCUT2D eigenvalue weighted by molar-refractivity contribution is -0.991. The third-order valence-electron chi connectivity index (χ3n) is 13.0. The van der Waals surface area contributed by atoms with Gasteiger partial charge >= 0.3 is 18.1 Å². The number of aliphatic carboxylic acids is 1. The fraction of sp³-hybridized carbons (Fsp3) is 0.707. The van der Waals surface area contributed by atoms with Crippen LogP contribution in [0.1, 0.15) is 101 Å². The van der Waals surface area contributed by atoms with Crippen LogP contribution in [0.5, 0.6) is 0 Å². The highest BCUT2D eigenvalue weighted by Crippen LogP contribution is 2.69. The number of nitrogens with zero attached hydrogens (tertiary/aromatic N) is 2. The first-order valence-electron chi connectivity index (χ1n) is 19.5. The summed E-state index contributed by atoms with van der Waals surface area (Å²) in [6, 6.07) is 4.74. The predicted octanol–water partition coefficient (Wildman–Crippen LogP) is 5.53. The van der Waals surface area contributed by atoms with Crippen LogP contribution >= 0.6 is 11.6 Å². The molecule has 0 bridgehead atoms. The molecule has 56 heavy (non-hydrogen) atoms. The molecule has 3 N–H and O–H groups in total. The molecule has 0 spiro atoms. The summed E-state index contributed by atoms with van der Waals surface area (Å²) in [6.07, 6.45) is -4.14. The van der Waals surface area contributed by atoms with Gasteiger partial charge in [0.2, 0.25) is 11.1 Å². The van der Waals surface area contributed by atoms with Crippen molar-refractivity contribution in [1.82, 2.24) is 5.32 Å². The molecule has 1 saturated carbocycles. The zero-order valence-corrected chi connectivity index (χ0v) is 35.5. The number of anilines is 1. The summed E-state index contributed by atoms with van der Waals surface area (Å²) >= 11 is 6.80. The van der Waals surface area contributed by atoms with Crippen LogP contribution < -0.4 is 15.5 Å². The van der Waals surface area contributed by atoms with Crippen LogP contribution in [0.2, 0.25) is 5.02 Å². The fourth-order valence-electron chi connectivity index (χ4n) is 10.9. The largest absolute Gasteiger partial charge is 0.510 e. The van der Waals surface area contributed by atoms with E-state index in [4.69, 9.17) is 30.6 Å². The van der Waals surface area contributed by atoms with Gasteiger partial charge < -0.3 is 39.6 Å². The van der Waals surface area contributed by atoms with Crippen molar-refractivity contribution in [3.05, 3.63) is 40.4 Å². The molecule has 2 aliphatic heterocycles. The third kappa shape index (κ3) is 6.38. The average Bonchev–Trinajstić information content (AvgIpc) is 3.33. The van der Waals surface area contributed by atoms with E-state index >= 15 is 4.79 Å². The number of amides is 1. The van der Waals surface area contributed by atoms with Crippen molar-refractivity contribution < 1.29 is 58.0 Å². The van der Waals surface area contributed by atoms with E-state index in [9.17, 15) is 29.7 Å². The number of nitrogens with one attached hydrogen (secondary N) is 1. The van der Waals surface area contributed by atoms with Crippen molar-refractivity contribution in [3.8, 4) is 0 Å². The number of carbonyl (C=O) groups is 4. The second-order valence-corrected chi connectivity index (χ2v) is 18.8. The summed E-state index contributed by atoms with van der Waals surface area (Å²) in [5, 5.41) is 45.4. The van der Waals surface area contributed by atoms with E-state index in [-0.39, 0.29) is 28.1 Å². The van der Waals surface area contributed by atoms with Gasteiger partial charge in [-0.1, -0.05) is 50.6 Å². The molecule has 1 amide bonds. The molecule has 14 nitrogen and oxygen atoms in total. The van der Waals surface area contributed by atoms with Gasteiger partial charge in [0.05, 0.1) is 34.2 Å². The minimum Gasteiger partial charge on any atom is -0.498 e. The predicted molar refractivity (Wildman–Crippen MR) is 205 cm³/mol. The Kier molecular flexibility index (Phi) is 11.5. The Bertz CT molecular complexity index is 1770. The number of halogens is 1. The molecule has 2 fully saturated rings. The lowest BCUT2D eigenvalue weighted by Crippen LogP contribution is -2.86. The fourth-order valence-corrected chi connectivity index (χ4v) is 11.2. The van der Waals surface area contributed by atoms with E-state index in [0.29, 0.717) is 25.0 Å². The van der Waals surface area contributed by atoms with Crippen molar-refractivity contribution in [2.24, 2.45) is 29.6 Å². The average molecular weight is 806 g/mol. The van der Waals surface area contributed by atoms with Gasteiger partial charge in [0.15, 0.2) is 0 Å². The number of carboxylic acid groups (broad SMARTS) is 2. The maximum Gasteiger partial charge on any atom is 0.510 e. The number of hydrogen-bond acceptors (Lipinski definition) is 12. The first kappa shape index (κ1) is 43.7. The Morgan fingerprint density at radius 3 is 2.34 bits per heavy atom. The van der Waals surface area contributed by atoms with E-state index in [2.05, 4.69) is 12.2 Å². The number of fused-ring (bicyclic) bond motifs is 4. The number of quaternary nitrogens is 1. The second kappa shape index (κ2) is 14.7. The monoisotopic (exact) mass is 805 g/mol. The molecule has 312 valence electrons. The maximum absolute atomic E-state index is 15.0. The van der Waals surface area contributed by atoms with Gasteiger partial charge in [0.25, 0.3) is 12.3 Å². The molecule has 4 aliphatic rings. The molecular formula is C41H60ClN3O11. The number of hydrogen-bond donors (Lipinski definition) is 3. The number of rotatable bonds is 8. The molecule has 2 aliphatic carbocycles. The number of benzene rings is 1. The van der Waals surface area contributed by atoms with Gasteiger partial charge in [0.1, 0.15) is 11.7 Å². The van der Waals surface area contributed by atoms with Gasteiger partial charge in [-0.2, -0.15) is 0 Å². The van der Waals surface area contributed by atoms with Crippen molar-refractivity contribution in [1.29, 1.82) is 0 Å². The molecule has 1 saturated heterocycles. The van der Waals surface area contributed by atoms with Gasteiger partial charge in [-0.15, -0.1) is 0 Å². The summed E-state index contributed by atoms with van der Waals surface area (Å²) in [5.41, 5.74) is -8.87. The highest BCUT2D eigenvalue weighted by Gasteiger charge is 2.88. The Morgan fingerprint density at radius 2 is 1.80 bits per heavy atom. The SMILES string of the molecule is CCNCC(C)[C@@H]1CC[C@@H](C)[C@@]2(O)[C@@H]1C=C(C)[C@H](OC(C)=O)[C@@H]2[C@]1(C(=O)O)C[C@@]2(OC(=O)OC(C)(C)C)c3cccc(Cl)c3N(C)O[C@H]2[N+]1(C(=O)[O-])C(C)(C)C. The summed E-state index contributed by atoms with van der Waals surface area (Å²) in [5.74, 6) is -5.60. The first-order valence-corrected chi connectivity index (χ1v) is 19.9. The third-order valence-corrected chi connectivity index (χ3v) is 13.3. The zero-order valence-electron chi connectivity index (χ0n) is 34.7. The van der Waals surface area contributed by atoms with Gasteiger partial charge in [0, 0.05) is 25.5 Å². The number of hydroxylamine groups is 1. The molecule has 15 heteroatoms. The molecule has 0 radical (unpaired) electrons. The van der Waals surface area contributed by atoms with Crippen LogP contribution in [0, 0.1) is 29.6 Å². The molecule has 2 unspecified atom stereocenters. The molecule has 1 aromatic rings. The van der Waals surface area contributed by atoms with Crippen LogP contribution in [0.15, 0.2) is 29.8 Å². The highest BCUT2D eigenvalue weighted by molar-refractivity contribution is 6.33. The lowest BCUT2D eigenvalue weighted by atomic mass is 9.48. The smallest absolute Gasteiger partial charge is 0.498 e. The molecule has 11 atom stereocenters. The minimum atomic E-state index is -2.71. The summed E-state index contributed by atoms with van der Waals surface area (Å²) in [7, 11) is 1.49. The second-order valence-electron chi connectivity index (χ2n) is 18.4. The Morgan fingerprint density at radius 1 is 1.16 bits per heavy atom. The van der Waals surface area contributed by atoms with E-state index in [1.165, 1.54) is 19.0 Å². The normalized spacial score (nSPS) is 36.0. The standard InChI is InChI=1S/C41H60ClN3O11/c1-13-43-20-23(3)26-18-17-24(4)41(52)28(26)19-22(2)31(53-25(5)46)32(41)39(34(47)48)21-40(55-36(51)54-38(9,10)11)27-15-14-16-29(42)30(27)44(12)56-33(40)45(39,35(49)50)37(6,7)8/h14-16,19,23-24,26,28,31-33,43,52H,13,17-18,20-21H2,1-12H3,(H-,47,48,49,50)/t23?,24-,26+,28-,31+,32-,33-,39+,40-,41-,45?/m1/s1.